The van der Waals surface area contributed by atoms with Crippen LogP contribution in [0.1, 0.15) is 41.8 Å². The van der Waals surface area contributed by atoms with E-state index >= 15 is 0 Å². The fraction of sp³-hybridized carbons (Fsp3) is 0.409. The van der Waals surface area contributed by atoms with Gasteiger partial charge in [0, 0.05) is 32.2 Å². The molecule has 0 fully saturated rings. The summed E-state index contributed by atoms with van der Waals surface area (Å²) in [6, 6.07) is 14.3. The number of rotatable bonds is 6. The second-order valence-corrected chi connectivity index (χ2v) is 9.52. The third-order valence-corrected chi connectivity index (χ3v) is 7.28. The summed E-state index contributed by atoms with van der Waals surface area (Å²) in [5, 5.41) is 0. The van der Waals surface area contributed by atoms with Crippen molar-refractivity contribution in [2.24, 2.45) is 5.92 Å². The van der Waals surface area contributed by atoms with E-state index < -0.39 is 10.0 Å². The average Bonchev–Trinajstić information content (AvgIpc) is 2.72. The molecule has 0 bridgehead atoms. The van der Waals surface area contributed by atoms with Crippen molar-refractivity contribution in [2.75, 3.05) is 20.1 Å². The molecule has 28 heavy (non-hydrogen) atoms. The van der Waals surface area contributed by atoms with Crippen LogP contribution in [0.3, 0.4) is 0 Å². The molecule has 0 aromatic heterocycles. The van der Waals surface area contributed by atoms with Gasteiger partial charge in [-0.2, -0.15) is 4.31 Å². The van der Waals surface area contributed by atoms with Gasteiger partial charge in [0.05, 0.1) is 4.90 Å². The van der Waals surface area contributed by atoms with Crippen molar-refractivity contribution in [3.05, 3.63) is 65.2 Å². The van der Waals surface area contributed by atoms with E-state index in [1.165, 1.54) is 15.9 Å². The first-order valence-corrected chi connectivity index (χ1v) is 11.2. The van der Waals surface area contributed by atoms with Gasteiger partial charge in [-0.25, -0.2) is 8.42 Å². The molecular weight excluding hydrogens is 372 g/mol. The summed E-state index contributed by atoms with van der Waals surface area (Å²) in [5.41, 5.74) is 2.65. The molecule has 0 saturated carbocycles. The van der Waals surface area contributed by atoms with Gasteiger partial charge in [0.25, 0.3) is 5.91 Å². The van der Waals surface area contributed by atoms with Crippen molar-refractivity contribution in [3.63, 3.8) is 0 Å². The standard InChI is InChI=1S/C22H28N2O3S/c1-4-17(2)15-23(3)22(25)19-10-7-11-21(14-19)28(26,27)24-13-12-18-8-5-6-9-20(18)16-24/h5-11,14,17H,4,12-13,15-16H2,1-3H3. The van der Waals surface area contributed by atoms with Crippen molar-refractivity contribution >= 4 is 15.9 Å². The molecule has 1 atom stereocenters. The van der Waals surface area contributed by atoms with E-state index in [-0.39, 0.29) is 10.8 Å². The van der Waals surface area contributed by atoms with E-state index in [9.17, 15) is 13.2 Å². The van der Waals surface area contributed by atoms with E-state index in [4.69, 9.17) is 0 Å². The fourth-order valence-electron chi connectivity index (χ4n) is 3.51. The molecule has 1 aliphatic rings. The van der Waals surface area contributed by atoms with E-state index in [1.54, 1.807) is 30.1 Å². The van der Waals surface area contributed by atoms with Crippen molar-refractivity contribution in [2.45, 2.75) is 38.1 Å². The van der Waals surface area contributed by atoms with Crippen molar-refractivity contribution in [3.8, 4) is 0 Å². The summed E-state index contributed by atoms with van der Waals surface area (Å²) < 4.78 is 27.8. The predicted octanol–water partition coefficient (Wildman–Crippen LogP) is 3.55. The SMILES string of the molecule is CCC(C)CN(C)C(=O)c1cccc(S(=O)(=O)N2CCc3ccccc3C2)c1. The van der Waals surface area contributed by atoms with Crippen LogP contribution in [0.5, 0.6) is 0 Å². The normalized spacial score (nSPS) is 15.7. The number of hydrogen-bond acceptors (Lipinski definition) is 3. The van der Waals surface area contributed by atoms with E-state index in [2.05, 4.69) is 13.8 Å². The van der Waals surface area contributed by atoms with Gasteiger partial charge < -0.3 is 4.90 Å². The minimum absolute atomic E-state index is 0.152. The third kappa shape index (κ3) is 4.28. The smallest absolute Gasteiger partial charge is 0.253 e. The lowest BCUT2D eigenvalue weighted by molar-refractivity contribution is 0.0774. The van der Waals surface area contributed by atoms with E-state index in [0.717, 1.165) is 12.0 Å². The van der Waals surface area contributed by atoms with Crippen LogP contribution in [-0.4, -0.2) is 43.7 Å². The molecule has 2 aromatic rings. The van der Waals surface area contributed by atoms with Gasteiger partial charge in [0.2, 0.25) is 10.0 Å². The maximum absolute atomic E-state index is 13.2. The molecule has 5 nitrogen and oxygen atoms in total. The average molecular weight is 401 g/mol. The van der Waals surface area contributed by atoms with Gasteiger partial charge in [-0.05, 0) is 41.7 Å². The molecule has 2 aromatic carbocycles. The number of nitrogens with zero attached hydrogens (tertiary/aromatic N) is 2. The summed E-state index contributed by atoms with van der Waals surface area (Å²) in [6.45, 7) is 5.65. The Bertz CT molecular complexity index is 956. The molecule has 150 valence electrons. The molecular formula is C22H28N2O3S. The Labute approximate surface area is 168 Å². The lowest BCUT2D eigenvalue weighted by atomic mass is 10.0. The number of benzene rings is 2. The molecule has 0 radical (unpaired) electrons. The van der Waals surface area contributed by atoms with Gasteiger partial charge in [0.15, 0.2) is 0 Å². The van der Waals surface area contributed by atoms with Crippen molar-refractivity contribution < 1.29 is 13.2 Å². The number of hydrogen-bond donors (Lipinski definition) is 0. The van der Waals surface area contributed by atoms with Gasteiger partial charge in [-0.3, -0.25) is 4.79 Å². The Morgan fingerprint density at radius 1 is 1.14 bits per heavy atom. The largest absolute Gasteiger partial charge is 0.341 e. The Morgan fingerprint density at radius 3 is 2.57 bits per heavy atom. The van der Waals surface area contributed by atoms with E-state index in [1.807, 2.05) is 24.3 Å². The molecule has 1 aliphatic heterocycles. The number of sulfonamides is 1. The molecule has 6 heteroatoms. The van der Waals surface area contributed by atoms with Gasteiger partial charge in [0.1, 0.15) is 0 Å². The summed E-state index contributed by atoms with van der Waals surface area (Å²) in [7, 11) is -1.89. The van der Waals surface area contributed by atoms with Crippen LogP contribution in [-0.2, 0) is 23.0 Å². The highest BCUT2D eigenvalue weighted by molar-refractivity contribution is 7.89. The molecule has 0 N–H and O–H groups in total. The fourth-order valence-corrected chi connectivity index (χ4v) is 4.98. The Balaban J connectivity index is 1.82. The van der Waals surface area contributed by atoms with Crippen LogP contribution in [0.4, 0.5) is 0 Å². The quantitative estimate of drug-likeness (QED) is 0.745. The van der Waals surface area contributed by atoms with Crippen LogP contribution < -0.4 is 0 Å². The van der Waals surface area contributed by atoms with Crippen LogP contribution >= 0.6 is 0 Å². The lowest BCUT2D eigenvalue weighted by Crippen LogP contribution is -2.36. The zero-order valence-corrected chi connectivity index (χ0v) is 17.6. The lowest BCUT2D eigenvalue weighted by Gasteiger charge is -2.28. The first kappa shape index (κ1) is 20.6. The van der Waals surface area contributed by atoms with Gasteiger partial charge >= 0.3 is 0 Å². The summed E-state index contributed by atoms with van der Waals surface area (Å²) in [5.74, 6) is 0.246. The summed E-state index contributed by atoms with van der Waals surface area (Å²) in [4.78, 5) is 14.6. The van der Waals surface area contributed by atoms with Gasteiger partial charge in [-0.15, -0.1) is 0 Å². The van der Waals surface area contributed by atoms with Crippen molar-refractivity contribution in [1.29, 1.82) is 0 Å². The van der Waals surface area contributed by atoms with Gasteiger partial charge in [-0.1, -0.05) is 50.6 Å². The number of amides is 1. The molecule has 0 aliphatic carbocycles. The zero-order chi connectivity index (χ0) is 20.3. The molecule has 1 unspecified atom stereocenters. The number of carbonyl (C=O) groups is 1. The van der Waals surface area contributed by atoms with Crippen molar-refractivity contribution in [1.82, 2.24) is 9.21 Å². The molecule has 1 amide bonds. The topological polar surface area (TPSA) is 57.7 Å². The van der Waals surface area contributed by atoms with Crippen LogP contribution in [0.2, 0.25) is 0 Å². The number of fused-ring (bicyclic) bond motifs is 1. The summed E-state index contributed by atoms with van der Waals surface area (Å²) >= 11 is 0. The van der Waals surface area contributed by atoms with E-state index in [0.29, 0.717) is 37.5 Å². The second kappa shape index (κ2) is 8.45. The minimum atomic E-state index is -3.65. The Morgan fingerprint density at radius 2 is 1.86 bits per heavy atom. The highest BCUT2D eigenvalue weighted by Crippen LogP contribution is 2.25. The molecule has 0 saturated heterocycles. The Hall–Kier alpha value is -2.18. The predicted molar refractivity (Wildman–Crippen MR) is 111 cm³/mol. The first-order valence-electron chi connectivity index (χ1n) is 9.75. The highest BCUT2D eigenvalue weighted by atomic mass is 32.2. The molecule has 0 spiro atoms. The number of carbonyl (C=O) groups excluding carboxylic acids is 1. The first-order chi connectivity index (χ1) is 13.3. The second-order valence-electron chi connectivity index (χ2n) is 7.58. The maximum Gasteiger partial charge on any atom is 0.253 e. The minimum Gasteiger partial charge on any atom is -0.341 e. The zero-order valence-electron chi connectivity index (χ0n) is 16.8. The summed E-state index contributed by atoms with van der Waals surface area (Å²) in [6.07, 6.45) is 1.69. The third-order valence-electron chi connectivity index (χ3n) is 5.44. The highest BCUT2D eigenvalue weighted by Gasteiger charge is 2.29. The maximum atomic E-state index is 13.2. The van der Waals surface area contributed by atoms with Crippen LogP contribution in [0.15, 0.2) is 53.4 Å². The molecule has 1 heterocycles. The Kier molecular flexibility index (Phi) is 6.20. The monoisotopic (exact) mass is 400 g/mol. The van der Waals surface area contributed by atoms with Crippen LogP contribution in [0.25, 0.3) is 0 Å². The van der Waals surface area contributed by atoms with Crippen LogP contribution in [0, 0.1) is 5.92 Å². The molecule has 3 rings (SSSR count).